The molecule has 3 heteroatoms. The first-order valence-electron chi connectivity index (χ1n) is 8.41. The molecule has 0 radical (unpaired) electrons. The van der Waals surface area contributed by atoms with Crippen molar-refractivity contribution in [2.45, 2.75) is 70.0 Å². The van der Waals surface area contributed by atoms with Crippen LogP contribution < -0.4 is 5.32 Å². The molecule has 0 aromatic carbocycles. The highest BCUT2D eigenvalue weighted by atomic mass is 16.3. The van der Waals surface area contributed by atoms with Gasteiger partial charge in [-0.15, -0.1) is 0 Å². The molecule has 3 rings (SSSR count). The molecule has 0 bridgehead atoms. The lowest BCUT2D eigenvalue weighted by molar-refractivity contribution is 0.229. The average molecular weight is 276 g/mol. The maximum Gasteiger partial charge on any atom is 0.117 e. The summed E-state index contributed by atoms with van der Waals surface area (Å²) < 4.78 is 5.49. The van der Waals surface area contributed by atoms with E-state index in [0.717, 1.165) is 37.5 Å². The van der Waals surface area contributed by atoms with Gasteiger partial charge in [0.25, 0.3) is 0 Å². The largest absolute Gasteiger partial charge is 0.468 e. The highest BCUT2D eigenvalue weighted by molar-refractivity contribution is 4.99. The van der Waals surface area contributed by atoms with Crippen LogP contribution in [-0.4, -0.2) is 30.1 Å². The van der Waals surface area contributed by atoms with E-state index in [1.54, 1.807) is 6.26 Å². The van der Waals surface area contributed by atoms with Crippen LogP contribution in [0.2, 0.25) is 0 Å². The van der Waals surface area contributed by atoms with Gasteiger partial charge in [-0.3, -0.25) is 4.90 Å². The summed E-state index contributed by atoms with van der Waals surface area (Å²) in [6.45, 7) is 3.26. The van der Waals surface area contributed by atoms with Crippen molar-refractivity contribution in [1.82, 2.24) is 10.2 Å². The Hall–Kier alpha value is -0.800. The van der Waals surface area contributed by atoms with Crippen molar-refractivity contribution in [3.05, 3.63) is 24.2 Å². The van der Waals surface area contributed by atoms with Gasteiger partial charge in [-0.05, 0) is 37.8 Å². The maximum atomic E-state index is 5.49. The normalized spacial score (nSPS) is 21.2. The predicted octanol–water partition coefficient (Wildman–Crippen LogP) is 3.56. The first-order valence-corrected chi connectivity index (χ1v) is 8.41. The zero-order valence-corrected chi connectivity index (χ0v) is 12.5. The molecular formula is C17H28N2O. The van der Waals surface area contributed by atoms with Crippen molar-refractivity contribution in [3.63, 3.8) is 0 Å². The molecule has 2 saturated carbocycles. The Morgan fingerprint density at radius 2 is 1.90 bits per heavy atom. The highest BCUT2D eigenvalue weighted by Gasteiger charge is 2.29. The lowest BCUT2D eigenvalue weighted by atomic mass is 10.1. The standard InChI is InChI=1S/C17H28N2O/c1-2-4-7-15(6-3-1)18-11-12-19(16-9-10-16)14-17-8-5-13-20-17/h5,8,13,15-16,18H,1-4,6-7,9-12,14H2. The lowest BCUT2D eigenvalue weighted by Gasteiger charge is -2.23. The molecule has 2 fully saturated rings. The first-order chi connectivity index (χ1) is 9.92. The van der Waals surface area contributed by atoms with Crippen LogP contribution in [0.4, 0.5) is 0 Å². The molecule has 0 amide bonds. The minimum absolute atomic E-state index is 0.766. The smallest absolute Gasteiger partial charge is 0.117 e. The molecule has 0 unspecified atom stereocenters. The van der Waals surface area contributed by atoms with Crippen molar-refractivity contribution in [1.29, 1.82) is 0 Å². The van der Waals surface area contributed by atoms with Crippen LogP contribution in [0.25, 0.3) is 0 Å². The van der Waals surface area contributed by atoms with E-state index in [0.29, 0.717) is 0 Å². The van der Waals surface area contributed by atoms with Crippen molar-refractivity contribution < 1.29 is 4.42 Å². The Balaban J connectivity index is 1.40. The summed E-state index contributed by atoms with van der Waals surface area (Å²) in [6, 6.07) is 5.65. The molecule has 0 aliphatic heterocycles. The van der Waals surface area contributed by atoms with E-state index in [9.17, 15) is 0 Å². The molecule has 20 heavy (non-hydrogen) atoms. The third kappa shape index (κ3) is 4.35. The van der Waals surface area contributed by atoms with Crippen molar-refractivity contribution in [3.8, 4) is 0 Å². The van der Waals surface area contributed by atoms with Crippen molar-refractivity contribution >= 4 is 0 Å². The predicted molar refractivity (Wildman–Crippen MR) is 81.6 cm³/mol. The molecule has 1 aromatic rings. The number of furan rings is 1. The number of nitrogens with zero attached hydrogens (tertiary/aromatic N) is 1. The van der Waals surface area contributed by atoms with Crippen LogP contribution in [0.3, 0.4) is 0 Å². The van der Waals surface area contributed by atoms with Crippen LogP contribution in [-0.2, 0) is 6.54 Å². The second kappa shape index (κ2) is 7.28. The van der Waals surface area contributed by atoms with Crippen molar-refractivity contribution in [2.24, 2.45) is 0 Å². The van der Waals surface area contributed by atoms with Gasteiger partial charge >= 0.3 is 0 Å². The Kier molecular flexibility index (Phi) is 5.15. The highest BCUT2D eigenvalue weighted by Crippen LogP contribution is 2.28. The van der Waals surface area contributed by atoms with E-state index >= 15 is 0 Å². The van der Waals surface area contributed by atoms with E-state index in [-0.39, 0.29) is 0 Å². The molecule has 2 aliphatic carbocycles. The average Bonchev–Trinajstić information content (AvgIpc) is 3.23. The van der Waals surface area contributed by atoms with Crippen LogP contribution in [0.1, 0.15) is 57.1 Å². The maximum absolute atomic E-state index is 5.49. The van der Waals surface area contributed by atoms with E-state index < -0.39 is 0 Å². The van der Waals surface area contributed by atoms with Gasteiger partial charge in [0.2, 0.25) is 0 Å². The fourth-order valence-electron chi connectivity index (χ4n) is 3.33. The molecule has 0 spiro atoms. The van der Waals surface area contributed by atoms with E-state index in [1.165, 1.54) is 51.4 Å². The molecule has 2 aliphatic rings. The first kappa shape index (κ1) is 14.2. The van der Waals surface area contributed by atoms with Crippen LogP contribution in [0.15, 0.2) is 22.8 Å². The monoisotopic (exact) mass is 276 g/mol. The number of nitrogens with one attached hydrogen (secondary N) is 1. The summed E-state index contributed by atoms with van der Waals surface area (Å²) in [5.74, 6) is 1.10. The van der Waals surface area contributed by atoms with Gasteiger partial charge in [0.1, 0.15) is 5.76 Å². The fourth-order valence-corrected chi connectivity index (χ4v) is 3.33. The Labute approximate surface area is 122 Å². The van der Waals surface area contributed by atoms with Gasteiger partial charge in [0.05, 0.1) is 12.8 Å². The molecule has 1 aromatic heterocycles. The topological polar surface area (TPSA) is 28.4 Å². The summed E-state index contributed by atoms with van der Waals surface area (Å²) in [5, 5.41) is 3.78. The van der Waals surface area contributed by atoms with Crippen molar-refractivity contribution in [2.75, 3.05) is 13.1 Å². The number of hydrogen-bond donors (Lipinski definition) is 1. The summed E-state index contributed by atoms with van der Waals surface area (Å²) in [5.41, 5.74) is 0. The molecule has 112 valence electrons. The summed E-state index contributed by atoms with van der Waals surface area (Å²) in [7, 11) is 0. The molecule has 1 heterocycles. The molecule has 0 atom stereocenters. The third-order valence-corrected chi connectivity index (χ3v) is 4.69. The fraction of sp³-hybridized carbons (Fsp3) is 0.765. The molecule has 0 saturated heterocycles. The molecule has 1 N–H and O–H groups in total. The summed E-state index contributed by atoms with van der Waals surface area (Å²) >= 11 is 0. The zero-order chi connectivity index (χ0) is 13.6. The lowest BCUT2D eigenvalue weighted by Crippen LogP contribution is -2.37. The van der Waals surface area contributed by atoms with Gasteiger partial charge in [0, 0.05) is 25.2 Å². The molecular weight excluding hydrogens is 248 g/mol. The zero-order valence-electron chi connectivity index (χ0n) is 12.5. The minimum atomic E-state index is 0.766. The third-order valence-electron chi connectivity index (χ3n) is 4.69. The summed E-state index contributed by atoms with van der Waals surface area (Å²) in [4.78, 5) is 2.59. The van der Waals surface area contributed by atoms with Crippen LogP contribution >= 0.6 is 0 Å². The Morgan fingerprint density at radius 3 is 2.55 bits per heavy atom. The van der Waals surface area contributed by atoms with Gasteiger partial charge in [0.15, 0.2) is 0 Å². The Morgan fingerprint density at radius 1 is 1.10 bits per heavy atom. The van der Waals surface area contributed by atoms with Gasteiger partial charge < -0.3 is 9.73 Å². The quantitative estimate of drug-likeness (QED) is 0.772. The van der Waals surface area contributed by atoms with E-state index in [4.69, 9.17) is 4.42 Å². The summed E-state index contributed by atoms with van der Waals surface area (Å²) in [6.07, 6.45) is 13.0. The van der Waals surface area contributed by atoms with E-state index in [2.05, 4.69) is 16.3 Å². The van der Waals surface area contributed by atoms with E-state index in [1.807, 2.05) is 6.07 Å². The SMILES string of the molecule is c1coc(CN(CCNC2CCCCCC2)C2CC2)c1. The van der Waals surface area contributed by atoms with Crippen LogP contribution in [0.5, 0.6) is 0 Å². The minimum Gasteiger partial charge on any atom is -0.468 e. The van der Waals surface area contributed by atoms with Gasteiger partial charge in [-0.1, -0.05) is 25.7 Å². The Bertz CT molecular complexity index is 364. The van der Waals surface area contributed by atoms with Gasteiger partial charge in [-0.2, -0.15) is 0 Å². The number of hydrogen-bond acceptors (Lipinski definition) is 3. The van der Waals surface area contributed by atoms with Crippen LogP contribution in [0, 0.1) is 0 Å². The second-order valence-corrected chi connectivity index (χ2v) is 6.42. The number of rotatable bonds is 7. The molecule has 3 nitrogen and oxygen atoms in total. The van der Waals surface area contributed by atoms with Gasteiger partial charge in [-0.25, -0.2) is 0 Å². The second-order valence-electron chi connectivity index (χ2n) is 6.42.